The zero-order chi connectivity index (χ0) is 10.7. The summed E-state index contributed by atoms with van der Waals surface area (Å²) in [4.78, 5) is 0. The largest absolute Gasteiger partial charge is 0.275 e. The van der Waals surface area contributed by atoms with Crippen molar-refractivity contribution in [1.29, 1.82) is 0 Å². The van der Waals surface area contributed by atoms with Crippen LogP contribution in [-0.4, -0.2) is 7.85 Å². The second-order valence-electron chi connectivity index (χ2n) is 5.84. The highest BCUT2D eigenvalue weighted by molar-refractivity contribution is 4.71. The molecule has 0 bridgehead atoms. The Morgan fingerprint density at radius 2 is 0.933 bits per heavy atom. The van der Waals surface area contributed by atoms with Crippen LogP contribution in [-0.2, 0) is 0 Å². The van der Waals surface area contributed by atoms with Crippen molar-refractivity contribution in [3.63, 3.8) is 0 Å². The molecule has 0 aliphatic heterocycles. The molecule has 88 valence electrons. The van der Waals surface area contributed by atoms with Gasteiger partial charge in [0, 0.05) is 0 Å². The van der Waals surface area contributed by atoms with Gasteiger partial charge in [0.15, 0.2) is 7.85 Å². The third-order valence-corrected chi connectivity index (χ3v) is 8.77. The smallest absolute Gasteiger partial charge is 0.0625 e. The van der Waals surface area contributed by atoms with E-state index in [9.17, 15) is 0 Å². The summed E-state index contributed by atoms with van der Waals surface area (Å²) in [6, 6.07) is 0. The molecule has 0 heterocycles. The Hall–Kier alpha value is 0.730. The van der Waals surface area contributed by atoms with Crippen molar-refractivity contribution in [2.75, 3.05) is 0 Å². The van der Waals surface area contributed by atoms with Crippen molar-refractivity contribution in [3.8, 4) is 0 Å². The van der Waals surface area contributed by atoms with Gasteiger partial charge in [-0.3, -0.25) is 0 Å². The molecule has 0 nitrogen and oxygen atoms in total. The fourth-order valence-electron chi connectivity index (χ4n) is 2.94. The normalized spacial score (nSPS) is 42.8. The first-order chi connectivity index (χ1) is 7.24. The Bertz CT molecular complexity index is 154. The van der Waals surface area contributed by atoms with Gasteiger partial charge in [0.1, 0.15) is 0 Å². The molecule has 1 heteroatoms. The zero-order valence-electron chi connectivity index (χ0n) is 10.3. The number of alkyl halides is 2. The van der Waals surface area contributed by atoms with Crippen molar-refractivity contribution >= 4 is 0 Å². The summed E-state index contributed by atoms with van der Waals surface area (Å²) in [5, 5.41) is 0. The minimum atomic E-state index is 0.544. The molecular weight excluding hydrogens is 295 g/mol. The van der Waals surface area contributed by atoms with Crippen LogP contribution in [0.15, 0.2) is 0 Å². The molecule has 2 fully saturated rings. The maximum Gasteiger partial charge on any atom is 0.275 e. The highest BCUT2D eigenvalue weighted by Gasteiger charge is 2.36. The molecule has 0 aromatic rings. The van der Waals surface area contributed by atoms with Crippen LogP contribution in [0.25, 0.3) is 0 Å². The monoisotopic (exact) mass is 321 g/mol. The van der Waals surface area contributed by atoms with Crippen LogP contribution >= 0.6 is 0 Å². The highest BCUT2D eigenvalue weighted by Crippen LogP contribution is 2.23. The van der Waals surface area contributed by atoms with E-state index in [1.807, 2.05) is 0 Å². The summed E-state index contributed by atoms with van der Waals surface area (Å²) in [5.74, 6) is 2.08. The molecule has 0 aromatic heterocycles. The van der Waals surface area contributed by atoms with Crippen molar-refractivity contribution in [1.82, 2.24) is 0 Å². The van der Waals surface area contributed by atoms with E-state index in [0.29, 0.717) is 21.2 Å². The lowest BCUT2D eigenvalue weighted by molar-refractivity contribution is -0.726. The second-order valence-corrected chi connectivity index (χ2v) is 10.1. The molecule has 2 rings (SSSR count). The average Bonchev–Trinajstić information content (AvgIpc) is 2.25. The van der Waals surface area contributed by atoms with E-state index in [1.54, 1.807) is 25.7 Å². The van der Waals surface area contributed by atoms with E-state index in [4.69, 9.17) is 0 Å². The summed E-state index contributed by atoms with van der Waals surface area (Å²) < 4.78 is 2.41. The number of hydrogen-bond acceptors (Lipinski definition) is 0. The van der Waals surface area contributed by atoms with Crippen molar-refractivity contribution in [3.05, 3.63) is 0 Å². The predicted octanol–water partition coefficient (Wildman–Crippen LogP) is 1.23. The van der Waals surface area contributed by atoms with Crippen LogP contribution in [0.2, 0.25) is 0 Å². The fraction of sp³-hybridized carbons (Fsp3) is 1.00. The van der Waals surface area contributed by atoms with E-state index in [-0.39, 0.29) is 0 Å². The van der Waals surface area contributed by atoms with Crippen LogP contribution in [0.3, 0.4) is 0 Å². The first-order valence-corrected chi connectivity index (χ1v) is 9.35. The quantitative estimate of drug-likeness (QED) is 0.530. The van der Waals surface area contributed by atoms with E-state index in [0.717, 1.165) is 11.8 Å². The standard InChI is InChI=1S/C14H26I/c1-11-3-7-13(8-4-11)15-14-9-5-12(2)6-10-14/h11-14H,3-10H2,1-2H3/q+1. The molecular formula is C14H26I+. The van der Waals surface area contributed by atoms with Gasteiger partial charge in [-0.15, -0.1) is 0 Å². The van der Waals surface area contributed by atoms with Gasteiger partial charge in [0.25, 0.3) is 21.2 Å². The van der Waals surface area contributed by atoms with Crippen molar-refractivity contribution < 1.29 is 21.2 Å². The highest BCUT2D eigenvalue weighted by atomic mass is 127. The SMILES string of the molecule is CC1CCC([I+]C2CCC(C)CC2)CC1. The molecule has 0 saturated heterocycles. The second kappa shape index (κ2) is 5.88. The Morgan fingerprint density at radius 1 is 0.600 bits per heavy atom. The van der Waals surface area contributed by atoms with Gasteiger partial charge < -0.3 is 0 Å². The average molecular weight is 321 g/mol. The van der Waals surface area contributed by atoms with Gasteiger partial charge in [-0.2, -0.15) is 0 Å². The third-order valence-electron chi connectivity index (χ3n) is 4.25. The third kappa shape index (κ3) is 3.90. The van der Waals surface area contributed by atoms with Gasteiger partial charge in [-0.05, 0) is 63.2 Å². The molecule has 2 saturated carbocycles. The summed E-state index contributed by atoms with van der Waals surface area (Å²) >= 11 is 0.544. The van der Waals surface area contributed by atoms with Gasteiger partial charge in [0.2, 0.25) is 0 Å². The first kappa shape index (κ1) is 12.2. The zero-order valence-corrected chi connectivity index (χ0v) is 12.5. The molecule has 0 amide bonds. The first-order valence-electron chi connectivity index (χ1n) is 6.86. The maximum atomic E-state index is 2.44. The van der Waals surface area contributed by atoms with E-state index in [1.165, 1.54) is 33.5 Å². The minimum absolute atomic E-state index is 0.544. The number of rotatable bonds is 2. The molecule has 0 unspecified atom stereocenters. The fourth-order valence-corrected chi connectivity index (χ4v) is 7.26. The van der Waals surface area contributed by atoms with Crippen LogP contribution in [0, 0.1) is 11.8 Å². The Balaban J connectivity index is 1.68. The van der Waals surface area contributed by atoms with Crippen molar-refractivity contribution in [2.24, 2.45) is 11.8 Å². The molecule has 0 atom stereocenters. The van der Waals surface area contributed by atoms with E-state index >= 15 is 0 Å². The predicted molar refractivity (Wildman–Crippen MR) is 62.8 cm³/mol. The Morgan fingerprint density at radius 3 is 1.27 bits per heavy atom. The molecule has 2 aliphatic carbocycles. The lowest BCUT2D eigenvalue weighted by atomic mass is 9.91. The topological polar surface area (TPSA) is 0 Å². The van der Waals surface area contributed by atoms with Crippen LogP contribution in [0.1, 0.15) is 65.2 Å². The van der Waals surface area contributed by atoms with Gasteiger partial charge in [-0.1, -0.05) is 13.8 Å². The Kier molecular flexibility index (Phi) is 4.78. The van der Waals surface area contributed by atoms with Gasteiger partial charge in [0.05, 0.1) is 0 Å². The van der Waals surface area contributed by atoms with E-state index in [2.05, 4.69) is 13.8 Å². The molecule has 15 heavy (non-hydrogen) atoms. The van der Waals surface area contributed by atoms with E-state index < -0.39 is 0 Å². The minimum Gasteiger partial charge on any atom is -0.0625 e. The molecule has 0 aromatic carbocycles. The van der Waals surface area contributed by atoms with Crippen LogP contribution in [0.5, 0.6) is 0 Å². The summed E-state index contributed by atoms with van der Waals surface area (Å²) in [5.41, 5.74) is 0. The van der Waals surface area contributed by atoms with Crippen LogP contribution < -0.4 is 21.2 Å². The van der Waals surface area contributed by atoms with Crippen LogP contribution in [0.4, 0.5) is 0 Å². The number of hydrogen-bond donors (Lipinski definition) is 0. The summed E-state index contributed by atoms with van der Waals surface area (Å²) in [6.45, 7) is 4.88. The Labute approximate surface area is 106 Å². The molecule has 0 N–H and O–H groups in total. The lowest BCUT2D eigenvalue weighted by Gasteiger charge is -2.23. The van der Waals surface area contributed by atoms with Crippen molar-refractivity contribution in [2.45, 2.75) is 73.1 Å². The van der Waals surface area contributed by atoms with Gasteiger partial charge in [-0.25, -0.2) is 0 Å². The maximum absolute atomic E-state index is 2.44. The van der Waals surface area contributed by atoms with Gasteiger partial charge >= 0.3 is 0 Å². The summed E-state index contributed by atoms with van der Waals surface area (Å²) in [7, 11) is 0. The number of halogens is 1. The molecule has 0 spiro atoms. The lowest BCUT2D eigenvalue weighted by Crippen LogP contribution is -3.68. The molecule has 2 aliphatic rings. The summed E-state index contributed by atoms with van der Waals surface area (Å²) in [6.07, 6.45) is 12.5. The molecule has 0 radical (unpaired) electrons.